The standard InChI is InChI=1S/C6H9BF3N2.K/c1-5(2)12-4-3-6(11-12)7(8,9)10;/h3-5H,1-2H3;/q-1;+1. The van der Waals surface area contributed by atoms with Gasteiger partial charge in [0, 0.05) is 17.8 Å². The van der Waals surface area contributed by atoms with E-state index in [1.165, 1.54) is 10.9 Å². The molecule has 0 saturated heterocycles. The second kappa shape index (κ2) is 4.97. The van der Waals surface area contributed by atoms with Crippen molar-refractivity contribution >= 4 is 12.6 Å². The summed E-state index contributed by atoms with van der Waals surface area (Å²) in [5.41, 5.74) is -0.774. The van der Waals surface area contributed by atoms with Gasteiger partial charge in [-0.15, -0.1) is 0 Å². The van der Waals surface area contributed by atoms with Gasteiger partial charge in [0.25, 0.3) is 0 Å². The van der Waals surface area contributed by atoms with Gasteiger partial charge in [0.2, 0.25) is 0 Å². The van der Waals surface area contributed by atoms with Crippen molar-refractivity contribution in [2.75, 3.05) is 0 Å². The van der Waals surface area contributed by atoms with Crippen molar-refractivity contribution in [3.05, 3.63) is 12.3 Å². The van der Waals surface area contributed by atoms with Gasteiger partial charge in [0.1, 0.15) is 0 Å². The van der Waals surface area contributed by atoms with Gasteiger partial charge in [-0.05, 0) is 13.8 Å². The van der Waals surface area contributed by atoms with Crippen LogP contribution < -0.4 is 57.0 Å². The number of hydrogen-bond acceptors (Lipinski definition) is 1. The summed E-state index contributed by atoms with van der Waals surface area (Å²) in [4.78, 5) is 0. The van der Waals surface area contributed by atoms with E-state index in [4.69, 9.17) is 0 Å². The molecule has 0 amide bonds. The van der Waals surface area contributed by atoms with Crippen LogP contribution in [0.15, 0.2) is 12.3 Å². The second-order valence-electron chi connectivity index (χ2n) is 2.89. The molecule has 7 heteroatoms. The molecule has 1 aromatic rings. The zero-order valence-electron chi connectivity index (χ0n) is 7.84. The Morgan fingerprint density at radius 1 is 1.38 bits per heavy atom. The Morgan fingerprint density at radius 2 is 1.92 bits per heavy atom. The van der Waals surface area contributed by atoms with Crippen LogP contribution in [0.4, 0.5) is 12.9 Å². The molecule has 0 aromatic carbocycles. The third-order valence-electron chi connectivity index (χ3n) is 1.49. The second-order valence-corrected chi connectivity index (χ2v) is 2.89. The van der Waals surface area contributed by atoms with Crippen molar-refractivity contribution < 1.29 is 64.3 Å². The third-order valence-corrected chi connectivity index (χ3v) is 1.49. The number of nitrogens with zero attached hydrogens (tertiary/aromatic N) is 2. The molecular formula is C6H9BF3KN2. The topological polar surface area (TPSA) is 17.8 Å². The summed E-state index contributed by atoms with van der Waals surface area (Å²) in [5, 5.41) is 3.40. The fraction of sp³-hybridized carbons (Fsp3) is 0.500. The molecule has 0 unspecified atom stereocenters. The molecule has 1 rings (SSSR count). The molecule has 68 valence electrons. The predicted molar refractivity (Wildman–Crippen MR) is 41.3 cm³/mol. The van der Waals surface area contributed by atoms with Crippen LogP contribution in [-0.4, -0.2) is 16.8 Å². The zero-order chi connectivity index (χ0) is 9.35. The number of hydrogen-bond donors (Lipinski definition) is 0. The first-order chi connectivity index (χ1) is 5.41. The smallest absolute Gasteiger partial charge is 0.444 e. The molecule has 0 radical (unpaired) electrons. The monoisotopic (exact) mass is 216 g/mol. The summed E-state index contributed by atoms with van der Waals surface area (Å²) in [6.07, 6.45) is 1.34. The van der Waals surface area contributed by atoms with Crippen LogP contribution in [0.1, 0.15) is 19.9 Å². The summed E-state index contributed by atoms with van der Waals surface area (Å²) < 4.78 is 37.5. The number of halogens is 3. The molecule has 0 atom stereocenters. The van der Waals surface area contributed by atoms with Crippen LogP contribution in [0.2, 0.25) is 0 Å². The normalized spacial score (nSPS) is 11.5. The Balaban J connectivity index is 0.00000144. The van der Waals surface area contributed by atoms with Gasteiger partial charge >= 0.3 is 58.4 Å². The summed E-state index contributed by atoms with van der Waals surface area (Å²) in [7, 11) is 0. The van der Waals surface area contributed by atoms with Crippen molar-refractivity contribution in [2.24, 2.45) is 0 Å². The Kier molecular flexibility index (Phi) is 5.24. The van der Waals surface area contributed by atoms with Gasteiger partial charge in [-0.25, -0.2) is 5.10 Å². The van der Waals surface area contributed by atoms with Crippen LogP contribution in [0.25, 0.3) is 0 Å². The van der Waals surface area contributed by atoms with Crippen molar-refractivity contribution in [1.29, 1.82) is 0 Å². The SMILES string of the molecule is CC(C)n1ccc([B-](F)(F)F)n1.[K+]. The van der Waals surface area contributed by atoms with Crippen LogP contribution in [-0.2, 0) is 0 Å². The average Bonchev–Trinajstić information content (AvgIpc) is 2.30. The summed E-state index contributed by atoms with van der Waals surface area (Å²) in [6, 6.07) is 0.969. The third kappa shape index (κ3) is 3.75. The van der Waals surface area contributed by atoms with E-state index in [1.807, 2.05) is 0 Å². The largest absolute Gasteiger partial charge is 1.00 e. The first kappa shape index (κ1) is 13.7. The minimum absolute atomic E-state index is 0. The van der Waals surface area contributed by atoms with E-state index in [-0.39, 0.29) is 57.4 Å². The number of aromatic nitrogens is 2. The molecule has 0 bridgehead atoms. The maximum absolute atomic E-state index is 12.1. The minimum Gasteiger partial charge on any atom is -0.444 e. The first-order valence-electron chi connectivity index (χ1n) is 3.66. The molecule has 0 aliphatic carbocycles. The Morgan fingerprint density at radius 3 is 2.15 bits per heavy atom. The maximum Gasteiger partial charge on any atom is 1.00 e. The molecule has 0 aliphatic heterocycles. The van der Waals surface area contributed by atoms with Gasteiger partial charge in [-0.1, -0.05) is 6.07 Å². The van der Waals surface area contributed by atoms with E-state index >= 15 is 0 Å². The molecule has 1 aromatic heterocycles. The summed E-state index contributed by atoms with van der Waals surface area (Å²) >= 11 is 0. The van der Waals surface area contributed by atoms with Crippen molar-refractivity contribution in [3.8, 4) is 0 Å². The Bertz CT molecular complexity index is 271. The Hall–Kier alpha value is 0.701. The molecular weight excluding hydrogens is 207 g/mol. The fourth-order valence-corrected chi connectivity index (χ4v) is 0.815. The molecule has 0 spiro atoms. The van der Waals surface area contributed by atoms with E-state index < -0.39 is 12.6 Å². The van der Waals surface area contributed by atoms with Gasteiger partial charge in [0.05, 0.1) is 0 Å². The maximum atomic E-state index is 12.1. The van der Waals surface area contributed by atoms with Gasteiger partial charge in [0.15, 0.2) is 0 Å². The van der Waals surface area contributed by atoms with E-state index in [1.54, 1.807) is 13.8 Å². The van der Waals surface area contributed by atoms with Crippen molar-refractivity contribution in [1.82, 2.24) is 9.78 Å². The van der Waals surface area contributed by atoms with E-state index in [0.717, 1.165) is 6.07 Å². The minimum atomic E-state index is -4.94. The molecule has 2 nitrogen and oxygen atoms in total. The van der Waals surface area contributed by atoms with Gasteiger partial charge < -0.3 is 12.9 Å². The molecule has 0 fully saturated rings. The Labute approximate surface area is 117 Å². The zero-order valence-corrected chi connectivity index (χ0v) is 11.0. The van der Waals surface area contributed by atoms with Gasteiger partial charge in [-0.2, -0.15) is 0 Å². The molecule has 1 heterocycles. The average molecular weight is 216 g/mol. The molecule has 0 N–H and O–H groups in total. The summed E-state index contributed by atoms with van der Waals surface area (Å²) in [5.74, 6) is 0. The van der Waals surface area contributed by atoms with Crippen LogP contribution in [0, 0.1) is 0 Å². The number of rotatable bonds is 2. The van der Waals surface area contributed by atoms with Crippen LogP contribution >= 0.6 is 0 Å². The molecule has 0 saturated carbocycles. The van der Waals surface area contributed by atoms with Crippen molar-refractivity contribution in [2.45, 2.75) is 19.9 Å². The van der Waals surface area contributed by atoms with Crippen LogP contribution in [0.5, 0.6) is 0 Å². The predicted octanol–water partition coefficient (Wildman–Crippen LogP) is -1.48. The van der Waals surface area contributed by atoms with Gasteiger partial charge in [-0.3, -0.25) is 4.68 Å². The van der Waals surface area contributed by atoms with Crippen molar-refractivity contribution in [3.63, 3.8) is 0 Å². The molecule has 13 heavy (non-hydrogen) atoms. The van der Waals surface area contributed by atoms with E-state index in [0.29, 0.717) is 0 Å². The van der Waals surface area contributed by atoms with E-state index in [9.17, 15) is 12.9 Å². The fourth-order valence-electron chi connectivity index (χ4n) is 0.815. The summed E-state index contributed by atoms with van der Waals surface area (Å²) in [6.45, 7) is -1.39. The first-order valence-corrected chi connectivity index (χ1v) is 3.66. The quantitative estimate of drug-likeness (QED) is 0.551. The van der Waals surface area contributed by atoms with Crippen LogP contribution in [0.3, 0.4) is 0 Å². The van der Waals surface area contributed by atoms with E-state index in [2.05, 4.69) is 5.10 Å². The molecule has 0 aliphatic rings.